The normalized spacial score (nSPS) is 13.3. The van der Waals surface area contributed by atoms with Crippen LogP contribution in [0.2, 0.25) is 0 Å². The fourth-order valence-corrected chi connectivity index (χ4v) is 5.74. The summed E-state index contributed by atoms with van der Waals surface area (Å²) in [4.78, 5) is 4.82. The number of rotatable bonds is 2. The Balaban J connectivity index is 1.61. The Morgan fingerprint density at radius 1 is 0.364 bits per heavy atom. The first-order valence-corrected chi connectivity index (χ1v) is 11.3. The number of hydrogen-bond acceptors (Lipinski definition) is 2. The van der Waals surface area contributed by atoms with Gasteiger partial charge in [-0.1, -0.05) is 66.7 Å². The van der Waals surface area contributed by atoms with Gasteiger partial charge >= 0.3 is 0 Å². The maximum Gasteiger partial charge on any atom is 0.0948 e. The van der Waals surface area contributed by atoms with Gasteiger partial charge in [-0.3, -0.25) is 0 Å². The molecule has 33 heavy (non-hydrogen) atoms. The van der Waals surface area contributed by atoms with E-state index in [0.717, 1.165) is 0 Å². The topological polar surface area (TPSA) is 11.4 Å². The highest BCUT2D eigenvalue weighted by molar-refractivity contribution is 6.22. The first kappa shape index (κ1) is 17.1. The van der Waals surface area contributed by atoms with Crippen LogP contribution in [0.25, 0.3) is 27.5 Å². The van der Waals surface area contributed by atoms with Gasteiger partial charge in [-0.25, -0.2) is 0 Å². The summed E-state index contributed by atoms with van der Waals surface area (Å²) in [5.74, 6) is 0. The van der Waals surface area contributed by atoms with E-state index in [2.05, 4.69) is 130 Å². The van der Waals surface area contributed by atoms with Gasteiger partial charge in [0, 0.05) is 22.1 Å². The third-order valence-corrected chi connectivity index (χ3v) is 6.98. The molecule has 154 valence electrons. The Morgan fingerprint density at radius 3 is 1.27 bits per heavy atom. The predicted molar refractivity (Wildman–Crippen MR) is 137 cm³/mol. The summed E-state index contributed by atoms with van der Waals surface area (Å²) in [5, 5.41) is 2.58. The van der Waals surface area contributed by atoms with E-state index in [4.69, 9.17) is 0 Å². The second-order valence-corrected chi connectivity index (χ2v) is 8.67. The molecule has 0 aliphatic carbocycles. The molecule has 0 atom stereocenters. The standard InChI is InChI=1S/C30H19N3/c1-3-10-20(11-4-1)31-24-16-7-14-22-23-15-8-17-25-29(23)33(28(22)24)30-26(31)18-9-19-27(30)32(25)21-12-5-2-6-13-21/h1-19H. The van der Waals surface area contributed by atoms with Crippen LogP contribution in [0, 0.1) is 0 Å². The summed E-state index contributed by atoms with van der Waals surface area (Å²) >= 11 is 0. The summed E-state index contributed by atoms with van der Waals surface area (Å²) in [6, 6.07) is 41.5. The van der Waals surface area contributed by atoms with E-state index in [-0.39, 0.29) is 0 Å². The summed E-state index contributed by atoms with van der Waals surface area (Å²) in [6.07, 6.45) is 0. The van der Waals surface area contributed by atoms with Gasteiger partial charge in [0.05, 0.1) is 39.5 Å². The van der Waals surface area contributed by atoms with Crippen molar-refractivity contribution >= 4 is 55.9 Å². The molecule has 2 aliphatic heterocycles. The smallest absolute Gasteiger partial charge is 0.0948 e. The monoisotopic (exact) mass is 421 g/mol. The lowest BCUT2D eigenvalue weighted by Crippen LogP contribution is -2.24. The number of nitrogens with zero attached hydrogens (tertiary/aromatic N) is 3. The largest absolute Gasteiger partial charge is 0.306 e. The molecule has 0 amide bonds. The third kappa shape index (κ3) is 2.05. The molecule has 8 rings (SSSR count). The van der Waals surface area contributed by atoms with Crippen molar-refractivity contribution in [3.63, 3.8) is 0 Å². The minimum absolute atomic E-state index is 1.17. The second-order valence-electron chi connectivity index (χ2n) is 8.67. The van der Waals surface area contributed by atoms with Gasteiger partial charge in [0.25, 0.3) is 0 Å². The lowest BCUT2D eigenvalue weighted by Gasteiger charge is -2.39. The molecule has 6 aromatic rings. The zero-order valence-electron chi connectivity index (χ0n) is 17.8. The summed E-state index contributed by atoms with van der Waals surface area (Å²) in [7, 11) is 0. The van der Waals surface area contributed by atoms with Crippen LogP contribution in [-0.4, -0.2) is 4.57 Å². The zero-order chi connectivity index (χ0) is 21.5. The molecule has 3 heterocycles. The molecule has 2 aliphatic rings. The highest BCUT2D eigenvalue weighted by Crippen LogP contribution is 2.57. The van der Waals surface area contributed by atoms with Crippen molar-refractivity contribution in [2.75, 3.05) is 9.80 Å². The number of anilines is 6. The summed E-state index contributed by atoms with van der Waals surface area (Å²) in [6.45, 7) is 0. The van der Waals surface area contributed by atoms with E-state index in [1.54, 1.807) is 0 Å². The van der Waals surface area contributed by atoms with Crippen LogP contribution in [0.5, 0.6) is 0 Å². The molecule has 0 unspecified atom stereocenters. The van der Waals surface area contributed by atoms with Crippen LogP contribution >= 0.6 is 0 Å². The number of hydrogen-bond donors (Lipinski definition) is 0. The first-order chi connectivity index (χ1) is 16.4. The Labute approximate surface area is 191 Å². The van der Waals surface area contributed by atoms with Crippen molar-refractivity contribution in [1.29, 1.82) is 0 Å². The van der Waals surface area contributed by atoms with Crippen molar-refractivity contribution < 1.29 is 0 Å². The van der Waals surface area contributed by atoms with Gasteiger partial charge in [-0.05, 0) is 48.5 Å². The number of para-hydroxylation sites is 5. The van der Waals surface area contributed by atoms with E-state index in [1.807, 2.05) is 0 Å². The molecule has 0 radical (unpaired) electrons. The third-order valence-electron chi connectivity index (χ3n) is 6.98. The average molecular weight is 422 g/mol. The predicted octanol–water partition coefficient (Wildman–Crippen LogP) is 8.35. The molecule has 1 aromatic heterocycles. The van der Waals surface area contributed by atoms with E-state index >= 15 is 0 Å². The molecule has 3 heteroatoms. The molecule has 0 N–H and O–H groups in total. The Kier molecular flexibility index (Phi) is 3.14. The molecule has 0 spiro atoms. The maximum atomic E-state index is 2.50. The van der Waals surface area contributed by atoms with E-state index in [9.17, 15) is 0 Å². The average Bonchev–Trinajstić information content (AvgIpc) is 3.23. The van der Waals surface area contributed by atoms with Crippen LogP contribution in [0.3, 0.4) is 0 Å². The highest BCUT2D eigenvalue weighted by atomic mass is 15.3. The lowest BCUT2D eigenvalue weighted by molar-refractivity contribution is 1.07. The van der Waals surface area contributed by atoms with E-state index < -0.39 is 0 Å². The molecular weight excluding hydrogens is 402 g/mol. The lowest BCUT2D eigenvalue weighted by atomic mass is 10.0. The molecule has 0 saturated carbocycles. The minimum Gasteiger partial charge on any atom is -0.306 e. The van der Waals surface area contributed by atoms with Gasteiger partial charge in [0.15, 0.2) is 0 Å². The van der Waals surface area contributed by atoms with Crippen LogP contribution < -0.4 is 9.80 Å². The zero-order valence-corrected chi connectivity index (χ0v) is 17.8. The Morgan fingerprint density at radius 2 is 0.788 bits per heavy atom. The van der Waals surface area contributed by atoms with Crippen LogP contribution in [0.4, 0.5) is 34.1 Å². The number of fused-ring (bicyclic) bond motifs is 1. The molecule has 0 saturated heterocycles. The van der Waals surface area contributed by atoms with E-state index in [0.29, 0.717) is 0 Å². The second kappa shape index (κ2) is 6.05. The van der Waals surface area contributed by atoms with Crippen molar-refractivity contribution in [3.05, 3.63) is 115 Å². The molecule has 5 aromatic carbocycles. The number of benzene rings is 5. The highest BCUT2D eigenvalue weighted by Gasteiger charge is 2.36. The molecule has 0 bridgehead atoms. The Bertz CT molecular complexity index is 1590. The van der Waals surface area contributed by atoms with Crippen LogP contribution in [-0.2, 0) is 0 Å². The molecule has 0 fully saturated rings. The van der Waals surface area contributed by atoms with Crippen LogP contribution in [0.15, 0.2) is 115 Å². The number of aromatic nitrogens is 1. The maximum absolute atomic E-state index is 2.50. The van der Waals surface area contributed by atoms with Crippen LogP contribution in [0.1, 0.15) is 0 Å². The van der Waals surface area contributed by atoms with Crippen molar-refractivity contribution in [2.24, 2.45) is 0 Å². The summed E-state index contributed by atoms with van der Waals surface area (Å²) in [5.41, 5.74) is 11.0. The van der Waals surface area contributed by atoms with Crippen molar-refractivity contribution in [2.45, 2.75) is 0 Å². The quantitative estimate of drug-likeness (QED) is 0.278. The van der Waals surface area contributed by atoms with Gasteiger partial charge in [0.2, 0.25) is 0 Å². The first-order valence-electron chi connectivity index (χ1n) is 11.3. The SMILES string of the molecule is c1ccc(N2c3cccc4c3-n3c5c2cccc5c2cccc(c23)N4c2ccccc2)cc1. The Hall–Kier alpha value is -4.50. The fourth-order valence-electron chi connectivity index (χ4n) is 5.74. The van der Waals surface area contributed by atoms with Gasteiger partial charge in [-0.2, -0.15) is 0 Å². The van der Waals surface area contributed by atoms with Gasteiger partial charge < -0.3 is 14.4 Å². The minimum atomic E-state index is 1.17. The molecular formula is C30H19N3. The van der Waals surface area contributed by atoms with Crippen molar-refractivity contribution in [3.8, 4) is 5.69 Å². The van der Waals surface area contributed by atoms with E-state index in [1.165, 1.54) is 61.6 Å². The fraction of sp³-hybridized carbons (Fsp3) is 0. The molecule has 3 nitrogen and oxygen atoms in total. The van der Waals surface area contributed by atoms with Crippen molar-refractivity contribution in [1.82, 2.24) is 4.57 Å². The summed E-state index contributed by atoms with van der Waals surface area (Å²) < 4.78 is 2.50. The van der Waals surface area contributed by atoms with Gasteiger partial charge in [0.1, 0.15) is 0 Å². The van der Waals surface area contributed by atoms with Gasteiger partial charge in [-0.15, -0.1) is 0 Å².